The van der Waals surface area contributed by atoms with Gasteiger partial charge >= 0.3 is 6.01 Å². The molecule has 0 bridgehead atoms. The van der Waals surface area contributed by atoms with E-state index in [1.165, 1.54) is 12.8 Å². The Bertz CT molecular complexity index is 1130. The highest BCUT2D eigenvalue weighted by Gasteiger charge is 2.25. The Balaban J connectivity index is 1.33. The van der Waals surface area contributed by atoms with Crippen LogP contribution in [0.4, 0.5) is 5.82 Å². The molecule has 5 rings (SSSR count). The quantitative estimate of drug-likeness (QED) is 0.501. The fourth-order valence-corrected chi connectivity index (χ4v) is 4.20. The van der Waals surface area contributed by atoms with E-state index in [-0.39, 0.29) is 11.9 Å². The number of nitrogens with zero attached hydrogens (tertiary/aromatic N) is 4. The summed E-state index contributed by atoms with van der Waals surface area (Å²) in [6.07, 6.45) is 5.93. The van der Waals surface area contributed by atoms with Gasteiger partial charge in [0.1, 0.15) is 5.82 Å². The number of anilines is 1. The van der Waals surface area contributed by atoms with Gasteiger partial charge in [-0.15, -0.1) is 0 Å². The number of ether oxygens (including phenoxy) is 2. The van der Waals surface area contributed by atoms with Crippen LogP contribution in [0.5, 0.6) is 6.01 Å². The highest BCUT2D eigenvalue weighted by molar-refractivity contribution is 6.06. The van der Waals surface area contributed by atoms with E-state index in [4.69, 9.17) is 14.5 Å². The zero-order valence-corrected chi connectivity index (χ0v) is 19.4. The van der Waals surface area contributed by atoms with Crippen LogP contribution < -0.4 is 15.4 Å². The Morgan fingerprint density at radius 3 is 2.71 bits per heavy atom. The van der Waals surface area contributed by atoms with E-state index in [1.54, 1.807) is 12.4 Å². The average Bonchev–Trinajstić information content (AvgIpc) is 3.69. The van der Waals surface area contributed by atoms with Crippen LogP contribution in [0.2, 0.25) is 0 Å². The van der Waals surface area contributed by atoms with Crippen LogP contribution in [0.1, 0.15) is 41.7 Å². The molecular weight excluding hydrogens is 432 g/mol. The van der Waals surface area contributed by atoms with Gasteiger partial charge in [-0.25, -0.2) is 15.0 Å². The van der Waals surface area contributed by atoms with E-state index < -0.39 is 0 Å². The zero-order valence-electron chi connectivity index (χ0n) is 19.4. The van der Waals surface area contributed by atoms with Gasteiger partial charge in [0, 0.05) is 54.6 Å². The third-order valence-electron chi connectivity index (χ3n) is 6.15. The smallest absolute Gasteiger partial charge is 0.316 e. The fourth-order valence-electron chi connectivity index (χ4n) is 4.20. The lowest BCUT2D eigenvalue weighted by atomic mass is 10.1. The van der Waals surface area contributed by atoms with E-state index >= 15 is 0 Å². The highest BCUT2D eigenvalue weighted by atomic mass is 16.5. The van der Waals surface area contributed by atoms with Gasteiger partial charge in [-0.3, -0.25) is 9.69 Å². The maximum atomic E-state index is 13.2. The van der Waals surface area contributed by atoms with Crippen molar-refractivity contribution >= 4 is 22.6 Å². The number of hydrogen-bond donors (Lipinski definition) is 2. The molecule has 0 spiro atoms. The van der Waals surface area contributed by atoms with Crippen LogP contribution in [0.3, 0.4) is 0 Å². The molecule has 1 unspecified atom stereocenters. The van der Waals surface area contributed by atoms with Crippen molar-refractivity contribution < 1.29 is 14.3 Å². The molecule has 2 aliphatic rings. The van der Waals surface area contributed by atoms with Crippen LogP contribution in [0, 0.1) is 0 Å². The molecule has 9 heteroatoms. The van der Waals surface area contributed by atoms with E-state index in [9.17, 15) is 4.79 Å². The first kappa shape index (κ1) is 22.5. The topological polar surface area (TPSA) is 102 Å². The number of rotatable bonds is 9. The molecule has 2 aromatic heterocycles. The summed E-state index contributed by atoms with van der Waals surface area (Å²) in [7, 11) is 0. The second-order valence-corrected chi connectivity index (χ2v) is 8.59. The number of carbonyl (C=O) groups is 1. The van der Waals surface area contributed by atoms with Crippen molar-refractivity contribution in [3.8, 4) is 6.01 Å². The summed E-state index contributed by atoms with van der Waals surface area (Å²) in [6.45, 7) is 5.73. The second-order valence-electron chi connectivity index (χ2n) is 8.59. The van der Waals surface area contributed by atoms with Gasteiger partial charge in [-0.1, -0.05) is 6.07 Å². The number of nitrogens with one attached hydrogen (secondary N) is 2. The first-order valence-electron chi connectivity index (χ1n) is 11.9. The molecule has 1 aliphatic heterocycles. The number of carbonyl (C=O) groups excluding carboxylic acids is 1. The minimum Gasteiger partial charge on any atom is -0.464 e. The molecule has 0 radical (unpaired) electrons. The number of fused-ring (bicyclic) bond motifs is 1. The van der Waals surface area contributed by atoms with Gasteiger partial charge in [0.05, 0.1) is 31.4 Å². The molecule has 1 saturated carbocycles. The number of morpholine rings is 1. The molecular formula is C25H30N6O3. The summed E-state index contributed by atoms with van der Waals surface area (Å²) < 4.78 is 10.9. The van der Waals surface area contributed by atoms with Crippen LogP contribution >= 0.6 is 0 Å². The third kappa shape index (κ3) is 5.26. The number of hydrogen-bond acceptors (Lipinski definition) is 8. The molecule has 2 fully saturated rings. The van der Waals surface area contributed by atoms with E-state index in [0.717, 1.165) is 35.4 Å². The van der Waals surface area contributed by atoms with E-state index in [2.05, 4.69) is 25.5 Å². The van der Waals surface area contributed by atoms with Gasteiger partial charge in [-0.05, 0) is 44.0 Å². The van der Waals surface area contributed by atoms with Gasteiger partial charge in [0.25, 0.3) is 5.91 Å². The molecule has 2 N–H and O–H groups in total. The lowest BCUT2D eigenvalue weighted by Gasteiger charge is -2.34. The molecule has 9 nitrogen and oxygen atoms in total. The SMILES string of the molecule is CCOc1ncc(C(CNC(=O)c2cccc3nc(NC4CC4)ccc23)N2CCOCC2)cn1. The Morgan fingerprint density at radius 2 is 1.97 bits per heavy atom. The molecule has 3 heterocycles. The molecule has 1 atom stereocenters. The first-order chi connectivity index (χ1) is 16.7. The summed E-state index contributed by atoms with van der Waals surface area (Å²) in [5.41, 5.74) is 2.36. The highest BCUT2D eigenvalue weighted by Crippen LogP contribution is 2.26. The third-order valence-corrected chi connectivity index (χ3v) is 6.15. The zero-order chi connectivity index (χ0) is 23.3. The van der Waals surface area contributed by atoms with E-state index in [1.807, 2.05) is 37.3 Å². The van der Waals surface area contributed by atoms with Crippen LogP contribution in [-0.4, -0.2) is 71.3 Å². The molecule has 1 amide bonds. The molecule has 178 valence electrons. The van der Waals surface area contributed by atoms with Crippen molar-refractivity contribution in [1.29, 1.82) is 0 Å². The number of pyridine rings is 1. The minimum absolute atomic E-state index is 0.0639. The predicted molar refractivity (Wildman–Crippen MR) is 129 cm³/mol. The molecule has 3 aromatic rings. The Kier molecular flexibility index (Phi) is 6.82. The van der Waals surface area contributed by atoms with E-state index in [0.29, 0.717) is 44.0 Å². The average molecular weight is 463 g/mol. The largest absolute Gasteiger partial charge is 0.464 e. The summed E-state index contributed by atoms with van der Waals surface area (Å²) in [5.74, 6) is 0.732. The predicted octanol–water partition coefficient (Wildman–Crippen LogP) is 2.80. The normalized spacial score (nSPS) is 17.3. The van der Waals surface area contributed by atoms with Crippen molar-refractivity contribution in [2.24, 2.45) is 0 Å². The van der Waals surface area contributed by atoms with Crippen LogP contribution in [0.15, 0.2) is 42.7 Å². The van der Waals surface area contributed by atoms with Gasteiger partial charge in [-0.2, -0.15) is 0 Å². The summed E-state index contributed by atoms with van der Waals surface area (Å²) >= 11 is 0. The Hall–Kier alpha value is -3.30. The van der Waals surface area contributed by atoms with Crippen molar-refractivity contribution in [1.82, 2.24) is 25.2 Å². The van der Waals surface area contributed by atoms with Crippen molar-refractivity contribution in [3.63, 3.8) is 0 Å². The standard InChI is InChI=1S/C25H30N6O3/c1-2-34-25-27-14-17(15-28-25)22(31-10-12-33-13-11-31)16-26-24(32)20-4-3-5-21-19(20)8-9-23(30-21)29-18-6-7-18/h3-5,8-9,14-15,18,22H,2,6-7,10-13,16H2,1H3,(H,26,32)(H,29,30). The first-order valence-corrected chi connectivity index (χ1v) is 11.9. The van der Waals surface area contributed by atoms with Gasteiger partial charge < -0.3 is 20.1 Å². The minimum atomic E-state index is -0.125. The summed E-state index contributed by atoms with van der Waals surface area (Å²) in [6, 6.07) is 10.4. The molecule has 1 aromatic carbocycles. The number of benzene rings is 1. The monoisotopic (exact) mass is 462 g/mol. The van der Waals surface area contributed by atoms with Gasteiger partial charge in [0.15, 0.2) is 0 Å². The maximum Gasteiger partial charge on any atom is 0.316 e. The lowest BCUT2D eigenvalue weighted by molar-refractivity contribution is 0.0160. The Labute approximate surface area is 198 Å². The molecule has 34 heavy (non-hydrogen) atoms. The fraction of sp³-hybridized carbons (Fsp3) is 0.440. The van der Waals surface area contributed by atoms with Gasteiger partial charge in [0.2, 0.25) is 0 Å². The van der Waals surface area contributed by atoms with Crippen LogP contribution in [0.25, 0.3) is 10.9 Å². The second kappa shape index (κ2) is 10.3. The van der Waals surface area contributed by atoms with Crippen molar-refractivity contribution in [2.45, 2.75) is 31.8 Å². The molecule has 1 saturated heterocycles. The number of aromatic nitrogens is 3. The Morgan fingerprint density at radius 1 is 1.18 bits per heavy atom. The van der Waals surface area contributed by atoms with Crippen molar-refractivity contribution in [2.75, 3.05) is 44.8 Å². The van der Waals surface area contributed by atoms with Crippen molar-refractivity contribution in [3.05, 3.63) is 53.9 Å². The molecule has 1 aliphatic carbocycles. The number of amides is 1. The van der Waals surface area contributed by atoms with Crippen LogP contribution in [-0.2, 0) is 4.74 Å². The summed E-state index contributed by atoms with van der Waals surface area (Å²) in [5, 5.41) is 7.39. The summed E-state index contributed by atoms with van der Waals surface area (Å²) in [4.78, 5) is 28.9. The lowest BCUT2D eigenvalue weighted by Crippen LogP contribution is -2.44. The maximum absolute atomic E-state index is 13.2.